The monoisotopic (exact) mass is 486 g/mol. The number of aliphatic hydroxyl groups excluding tert-OH is 2. The molecule has 106 valence electrons. The molecule has 0 aliphatic heterocycles. The topological polar surface area (TPSA) is 40.5 Å². The van der Waals surface area contributed by atoms with Gasteiger partial charge in [0, 0.05) is 0 Å². The summed E-state index contributed by atoms with van der Waals surface area (Å²) in [5.74, 6) is 1.31. The number of hydrogen-bond donors (Lipinski definition) is 2. The molecule has 2 nitrogen and oxygen atoms in total. The second-order valence-corrected chi connectivity index (χ2v) is 17.6. The Hall–Kier alpha value is 1.50. The molecule has 0 aromatic rings. The van der Waals surface area contributed by atoms with E-state index in [1.54, 1.807) is 0 Å². The van der Waals surface area contributed by atoms with E-state index >= 15 is 0 Å². The van der Waals surface area contributed by atoms with E-state index in [0.29, 0.717) is 25.0 Å². The van der Waals surface area contributed by atoms with Crippen molar-refractivity contribution in [2.45, 2.75) is 59.3 Å². The first-order valence-electron chi connectivity index (χ1n) is 7.39. The SMILES string of the molecule is OCC1CCCCC1[Te][Te]C1CCCCC1CO. The average molecular weight is 482 g/mol. The van der Waals surface area contributed by atoms with Gasteiger partial charge in [-0.3, -0.25) is 0 Å². The van der Waals surface area contributed by atoms with E-state index in [1.807, 2.05) is 0 Å². The van der Waals surface area contributed by atoms with E-state index in [2.05, 4.69) is 0 Å². The van der Waals surface area contributed by atoms with Gasteiger partial charge in [0.25, 0.3) is 0 Å². The molecule has 0 aromatic heterocycles. The van der Waals surface area contributed by atoms with Crippen molar-refractivity contribution < 1.29 is 10.2 Å². The molecule has 0 amide bonds. The zero-order chi connectivity index (χ0) is 12.8. The first kappa shape index (κ1) is 15.9. The summed E-state index contributed by atoms with van der Waals surface area (Å²) in [5.41, 5.74) is 0. The number of hydrogen-bond acceptors (Lipinski definition) is 2. The van der Waals surface area contributed by atoms with Crippen LogP contribution in [0.1, 0.15) is 51.4 Å². The summed E-state index contributed by atoms with van der Waals surface area (Å²) in [6.07, 6.45) is 10.9. The third kappa shape index (κ3) is 4.51. The summed E-state index contributed by atoms with van der Waals surface area (Å²) in [4.78, 5) is 0. The zero-order valence-corrected chi connectivity index (χ0v) is 15.8. The van der Waals surface area contributed by atoms with Gasteiger partial charge in [0.05, 0.1) is 0 Å². The molecule has 0 saturated heterocycles. The van der Waals surface area contributed by atoms with Gasteiger partial charge < -0.3 is 0 Å². The fraction of sp³-hybridized carbons (Fsp3) is 1.00. The molecule has 2 aliphatic carbocycles. The van der Waals surface area contributed by atoms with E-state index in [0.717, 1.165) is 7.93 Å². The van der Waals surface area contributed by atoms with Crippen LogP contribution in [0.5, 0.6) is 0 Å². The van der Waals surface area contributed by atoms with E-state index in [4.69, 9.17) is 0 Å². The van der Waals surface area contributed by atoms with Crippen LogP contribution < -0.4 is 0 Å². The Kier molecular flexibility index (Phi) is 7.69. The van der Waals surface area contributed by atoms with E-state index < -0.39 is 0 Å². The molecule has 18 heavy (non-hydrogen) atoms. The predicted molar refractivity (Wildman–Crippen MR) is 77.1 cm³/mol. The molecule has 0 bridgehead atoms. The molecule has 0 heterocycles. The summed E-state index contributed by atoms with van der Waals surface area (Å²) < 4.78 is 1.88. The van der Waals surface area contributed by atoms with Gasteiger partial charge in [-0.15, -0.1) is 0 Å². The zero-order valence-electron chi connectivity index (χ0n) is 11.1. The second kappa shape index (κ2) is 8.71. The van der Waals surface area contributed by atoms with Crippen LogP contribution in [-0.4, -0.2) is 57.5 Å². The molecule has 4 heteroatoms. The normalized spacial score (nSPS) is 37.7. The molecule has 2 saturated carbocycles. The van der Waals surface area contributed by atoms with Gasteiger partial charge in [0.2, 0.25) is 0 Å². The van der Waals surface area contributed by atoms with Crippen molar-refractivity contribution in [2.24, 2.45) is 11.8 Å². The van der Waals surface area contributed by atoms with Gasteiger partial charge in [0.1, 0.15) is 0 Å². The Balaban J connectivity index is 1.78. The van der Waals surface area contributed by atoms with Crippen molar-refractivity contribution in [3.63, 3.8) is 0 Å². The molecule has 0 radical (unpaired) electrons. The molecule has 2 fully saturated rings. The first-order valence-corrected chi connectivity index (χ1v) is 17.4. The Labute approximate surface area is 128 Å². The van der Waals surface area contributed by atoms with E-state index in [-0.39, 0.29) is 34.1 Å². The van der Waals surface area contributed by atoms with Gasteiger partial charge in [-0.05, 0) is 0 Å². The van der Waals surface area contributed by atoms with Gasteiger partial charge in [-0.25, -0.2) is 0 Å². The second-order valence-electron chi connectivity index (χ2n) is 5.72. The average Bonchev–Trinajstić information content (AvgIpc) is 2.45. The Morgan fingerprint density at radius 3 is 1.44 bits per heavy atom. The van der Waals surface area contributed by atoms with Crippen molar-refractivity contribution >= 4 is 34.1 Å². The summed E-state index contributed by atoms with van der Waals surface area (Å²) in [6, 6.07) is 0. The van der Waals surface area contributed by atoms with Gasteiger partial charge >= 0.3 is 129 Å². The Morgan fingerprint density at radius 1 is 0.667 bits per heavy atom. The summed E-state index contributed by atoms with van der Waals surface area (Å²) in [7, 11) is 0. The maximum atomic E-state index is 9.49. The summed E-state index contributed by atoms with van der Waals surface area (Å²) in [5, 5.41) is 19.0. The fourth-order valence-electron chi connectivity index (χ4n) is 3.16. The molecule has 2 N–H and O–H groups in total. The van der Waals surface area contributed by atoms with Crippen molar-refractivity contribution in [3.05, 3.63) is 0 Å². The third-order valence-electron chi connectivity index (χ3n) is 4.45. The number of aliphatic hydroxyl groups is 2. The van der Waals surface area contributed by atoms with Crippen molar-refractivity contribution in [1.29, 1.82) is 0 Å². The standard InChI is InChI=1S/C14H26O2Te2/c15-9-11-5-1-3-7-13(11)17-18-14-8-4-2-6-12(14)10-16/h11-16H,1-10H2. The van der Waals surface area contributed by atoms with Crippen LogP contribution >= 0.6 is 0 Å². The van der Waals surface area contributed by atoms with Crippen LogP contribution in [0.2, 0.25) is 7.93 Å². The molecule has 0 aromatic carbocycles. The minimum absolute atomic E-state index is 0.165. The van der Waals surface area contributed by atoms with Crippen LogP contribution in [0, 0.1) is 11.8 Å². The van der Waals surface area contributed by atoms with Crippen molar-refractivity contribution in [3.8, 4) is 0 Å². The molecular weight excluding hydrogens is 455 g/mol. The third-order valence-corrected chi connectivity index (χ3v) is 21.3. The molecule has 4 unspecified atom stereocenters. The summed E-state index contributed by atoms with van der Waals surface area (Å²) in [6.45, 7) is 0.882. The van der Waals surface area contributed by atoms with Gasteiger partial charge in [-0.1, -0.05) is 0 Å². The van der Waals surface area contributed by atoms with E-state index in [1.165, 1.54) is 51.4 Å². The van der Waals surface area contributed by atoms with Crippen LogP contribution in [0.15, 0.2) is 0 Å². The molecule has 2 rings (SSSR count). The molecule has 2 aliphatic rings. The van der Waals surface area contributed by atoms with Gasteiger partial charge in [0.15, 0.2) is 0 Å². The van der Waals surface area contributed by atoms with Crippen LogP contribution in [0.4, 0.5) is 0 Å². The van der Waals surface area contributed by atoms with Gasteiger partial charge in [-0.2, -0.15) is 0 Å². The van der Waals surface area contributed by atoms with Crippen LogP contribution in [-0.2, 0) is 0 Å². The van der Waals surface area contributed by atoms with E-state index in [9.17, 15) is 10.2 Å². The Bertz CT molecular complexity index is 214. The summed E-state index contributed by atoms with van der Waals surface area (Å²) >= 11 is 0.331. The van der Waals surface area contributed by atoms with Crippen LogP contribution in [0.25, 0.3) is 0 Å². The maximum absolute atomic E-state index is 9.49. The van der Waals surface area contributed by atoms with Crippen molar-refractivity contribution in [2.75, 3.05) is 13.2 Å². The van der Waals surface area contributed by atoms with Crippen LogP contribution in [0.3, 0.4) is 0 Å². The minimum atomic E-state index is 0.165. The Morgan fingerprint density at radius 2 is 1.06 bits per heavy atom. The first-order chi connectivity index (χ1) is 8.85. The molecule has 0 spiro atoms. The molecule has 4 atom stereocenters. The fourth-order valence-corrected chi connectivity index (χ4v) is 22.8. The predicted octanol–water partition coefficient (Wildman–Crippen LogP) is 2.25. The van der Waals surface area contributed by atoms with Crippen molar-refractivity contribution in [1.82, 2.24) is 0 Å². The number of rotatable bonds is 5. The molecular formula is C14H26O2Te2. The quantitative estimate of drug-likeness (QED) is 0.592.